The largest absolute Gasteiger partial charge is 0.497 e. The van der Waals surface area contributed by atoms with E-state index in [-0.39, 0.29) is 11.9 Å². The van der Waals surface area contributed by atoms with Crippen molar-refractivity contribution in [3.05, 3.63) is 48.2 Å². The second kappa shape index (κ2) is 8.03. The van der Waals surface area contributed by atoms with Crippen molar-refractivity contribution in [3.8, 4) is 17.0 Å². The Morgan fingerprint density at radius 1 is 1.37 bits per heavy atom. The molecule has 0 fully saturated rings. The Bertz CT molecular complexity index is 914. The molecule has 0 saturated heterocycles. The fourth-order valence-corrected chi connectivity index (χ4v) is 3.01. The highest BCUT2D eigenvalue weighted by Crippen LogP contribution is 2.26. The number of ether oxygens (including phenoxy) is 1. The second-order valence-electron chi connectivity index (χ2n) is 6.79. The number of carbonyl (C=O) groups is 1. The van der Waals surface area contributed by atoms with Gasteiger partial charge in [-0.15, -0.1) is 0 Å². The fraction of sp³-hybridized carbons (Fsp3) is 0.368. The van der Waals surface area contributed by atoms with Crippen LogP contribution in [0.15, 0.2) is 36.8 Å². The Labute approximate surface area is 158 Å². The molecule has 0 aliphatic heterocycles. The van der Waals surface area contributed by atoms with E-state index in [0.717, 1.165) is 17.8 Å². The molecule has 0 spiro atoms. The molecule has 1 amide bonds. The van der Waals surface area contributed by atoms with Crippen LogP contribution in [-0.2, 0) is 7.05 Å². The van der Waals surface area contributed by atoms with Gasteiger partial charge in [-0.1, -0.05) is 26.0 Å². The molecule has 1 atom stereocenters. The van der Waals surface area contributed by atoms with Gasteiger partial charge in [-0.05, 0) is 24.5 Å². The van der Waals surface area contributed by atoms with Crippen LogP contribution in [0.25, 0.3) is 11.3 Å². The summed E-state index contributed by atoms with van der Waals surface area (Å²) in [5, 5.41) is 14.2. The molecule has 3 rings (SSSR count). The Hall–Kier alpha value is -3.16. The maximum absolute atomic E-state index is 13.0. The highest BCUT2D eigenvalue weighted by molar-refractivity contribution is 6.00. The Morgan fingerprint density at radius 3 is 2.85 bits per heavy atom. The zero-order valence-corrected chi connectivity index (χ0v) is 15.9. The van der Waals surface area contributed by atoms with Gasteiger partial charge in [-0.2, -0.15) is 10.2 Å². The standard InChI is InChI=1S/C19H24N6O2/c1-12(2)8-16(18-20-11-22-25(18)3)23-19(26)15-10-21-24-17(15)13-6-5-7-14(9-13)27-4/h5-7,9-12,16H,8H2,1-4H3,(H,21,24)(H,23,26)/t16-/m1/s1. The van der Waals surface area contributed by atoms with Crippen LogP contribution in [-0.4, -0.2) is 38.0 Å². The van der Waals surface area contributed by atoms with E-state index in [2.05, 4.69) is 39.4 Å². The van der Waals surface area contributed by atoms with Gasteiger partial charge in [0.2, 0.25) is 0 Å². The molecule has 0 unspecified atom stereocenters. The molecule has 0 aliphatic rings. The van der Waals surface area contributed by atoms with E-state index in [1.165, 1.54) is 12.5 Å². The first kappa shape index (κ1) is 18.6. The normalized spacial score (nSPS) is 12.2. The summed E-state index contributed by atoms with van der Waals surface area (Å²) in [4.78, 5) is 17.3. The molecule has 8 heteroatoms. The number of aromatic nitrogens is 5. The zero-order chi connectivity index (χ0) is 19.4. The van der Waals surface area contributed by atoms with Crippen molar-refractivity contribution in [3.63, 3.8) is 0 Å². The molecule has 0 aliphatic carbocycles. The minimum Gasteiger partial charge on any atom is -0.497 e. The quantitative estimate of drug-likeness (QED) is 0.668. The lowest BCUT2D eigenvalue weighted by atomic mass is 10.0. The lowest BCUT2D eigenvalue weighted by Gasteiger charge is -2.19. The van der Waals surface area contributed by atoms with Crippen LogP contribution in [0.1, 0.15) is 42.5 Å². The minimum atomic E-state index is -0.238. The van der Waals surface area contributed by atoms with Crippen LogP contribution in [0.2, 0.25) is 0 Å². The molecule has 8 nitrogen and oxygen atoms in total. The van der Waals surface area contributed by atoms with Crippen molar-refractivity contribution in [1.82, 2.24) is 30.3 Å². The SMILES string of the molecule is COc1cccc(-c2[nH]ncc2C(=O)N[C@H](CC(C)C)c2ncnn2C)c1. The van der Waals surface area contributed by atoms with Crippen LogP contribution in [0.3, 0.4) is 0 Å². The van der Waals surface area contributed by atoms with E-state index in [9.17, 15) is 4.79 Å². The number of H-pyrrole nitrogens is 1. The summed E-state index contributed by atoms with van der Waals surface area (Å²) in [7, 11) is 3.43. The van der Waals surface area contributed by atoms with Crippen molar-refractivity contribution in [2.45, 2.75) is 26.3 Å². The van der Waals surface area contributed by atoms with Crippen LogP contribution in [0.5, 0.6) is 5.75 Å². The third kappa shape index (κ3) is 4.16. The Kier molecular flexibility index (Phi) is 5.54. The monoisotopic (exact) mass is 368 g/mol. The number of hydrogen-bond donors (Lipinski definition) is 2. The molecule has 0 radical (unpaired) electrons. The molecular weight excluding hydrogens is 344 g/mol. The number of rotatable bonds is 7. The van der Waals surface area contributed by atoms with E-state index in [4.69, 9.17) is 4.74 Å². The third-order valence-corrected chi connectivity index (χ3v) is 4.31. The number of benzene rings is 1. The number of carbonyl (C=O) groups excluding carboxylic acids is 1. The molecule has 0 saturated carbocycles. The van der Waals surface area contributed by atoms with Crippen LogP contribution >= 0.6 is 0 Å². The molecular formula is C19H24N6O2. The molecule has 27 heavy (non-hydrogen) atoms. The van der Waals surface area contributed by atoms with Gasteiger partial charge in [0.25, 0.3) is 5.91 Å². The van der Waals surface area contributed by atoms with Gasteiger partial charge in [0.1, 0.15) is 17.9 Å². The van der Waals surface area contributed by atoms with E-state index >= 15 is 0 Å². The number of nitrogens with zero attached hydrogens (tertiary/aromatic N) is 4. The maximum Gasteiger partial charge on any atom is 0.255 e. The summed E-state index contributed by atoms with van der Waals surface area (Å²) in [6, 6.07) is 7.25. The van der Waals surface area contributed by atoms with E-state index in [0.29, 0.717) is 22.9 Å². The van der Waals surface area contributed by atoms with Crippen molar-refractivity contribution in [2.24, 2.45) is 13.0 Å². The summed E-state index contributed by atoms with van der Waals surface area (Å²) >= 11 is 0. The molecule has 0 bridgehead atoms. The van der Waals surface area contributed by atoms with E-state index < -0.39 is 0 Å². The van der Waals surface area contributed by atoms with Gasteiger partial charge in [0, 0.05) is 12.6 Å². The lowest BCUT2D eigenvalue weighted by molar-refractivity contribution is 0.0929. The minimum absolute atomic E-state index is 0.213. The maximum atomic E-state index is 13.0. The van der Waals surface area contributed by atoms with Crippen molar-refractivity contribution in [1.29, 1.82) is 0 Å². The van der Waals surface area contributed by atoms with Crippen LogP contribution in [0, 0.1) is 5.92 Å². The molecule has 2 N–H and O–H groups in total. The average molecular weight is 368 g/mol. The molecule has 1 aromatic carbocycles. The first-order chi connectivity index (χ1) is 13.0. The Balaban J connectivity index is 1.87. The zero-order valence-electron chi connectivity index (χ0n) is 15.9. The van der Waals surface area contributed by atoms with E-state index in [1.807, 2.05) is 31.3 Å². The van der Waals surface area contributed by atoms with Gasteiger partial charge >= 0.3 is 0 Å². The first-order valence-corrected chi connectivity index (χ1v) is 8.82. The predicted molar refractivity (Wildman–Crippen MR) is 101 cm³/mol. The topological polar surface area (TPSA) is 97.7 Å². The number of methoxy groups -OCH3 is 1. The summed E-state index contributed by atoms with van der Waals surface area (Å²) in [5.41, 5.74) is 1.95. The predicted octanol–water partition coefficient (Wildman–Crippen LogP) is 2.73. The summed E-state index contributed by atoms with van der Waals surface area (Å²) < 4.78 is 6.96. The molecule has 142 valence electrons. The highest BCUT2D eigenvalue weighted by Gasteiger charge is 2.23. The fourth-order valence-electron chi connectivity index (χ4n) is 3.01. The van der Waals surface area contributed by atoms with Crippen LogP contribution in [0.4, 0.5) is 0 Å². The van der Waals surface area contributed by atoms with Crippen molar-refractivity contribution in [2.75, 3.05) is 7.11 Å². The van der Waals surface area contributed by atoms with Crippen molar-refractivity contribution < 1.29 is 9.53 Å². The smallest absolute Gasteiger partial charge is 0.255 e. The first-order valence-electron chi connectivity index (χ1n) is 8.82. The van der Waals surface area contributed by atoms with Crippen molar-refractivity contribution >= 4 is 5.91 Å². The number of aryl methyl sites for hydroxylation is 1. The Morgan fingerprint density at radius 2 is 2.19 bits per heavy atom. The lowest BCUT2D eigenvalue weighted by Crippen LogP contribution is -2.31. The molecule has 3 aromatic rings. The number of hydrogen-bond acceptors (Lipinski definition) is 5. The molecule has 2 heterocycles. The second-order valence-corrected chi connectivity index (χ2v) is 6.79. The van der Waals surface area contributed by atoms with Gasteiger partial charge in [0.15, 0.2) is 0 Å². The summed E-state index contributed by atoms with van der Waals surface area (Å²) in [6.45, 7) is 4.21. The summed E-state index contributed by atoms with van der Waals surface area (Å²) in [6.07, 6.45) is 3.78. The number of aromatic amines is 1. The highest BCUT2D eigenvalue weighted by atomic mass is 16.5. The molecule has 2 aromatic heterocycles. The number of amides is 1. The average Bonchev–Trinajstić information content (AvgIpc) is 3.29. The van der Waals surface area contributed by atoms with Gasteiger partial charge < -0.3 is 10.1 Å². The van der Waals surface area contributed by atoms with Gasteiger partial charge in [0.05, 0.1) is 30.6 Å². The third-order valence-electron chi connectivity index (χ3n) is 4.31. The number of nitrogens with one attached hydrogen (secondary N) is 2. The van der Waals surface area contributed by atoms with Gasteiger partial charge in [-0.3, -0.25) is 14.6 Å². The summed E-state index contributed by atoms with van der Waals surface area (Å²) in [5.74, 6) is 1.61. The van der Waals surface area contributed by atoms with Crippen LogP contribution < -0.4 is 10.1 Å². The van der Waals surface area contributed by atoms with E-state index in [1.54, 1.807) is 11.8 Å². The van der Waals surface area contributed by atoms with Gasteiger partial charge in [-0.25, -0.2) is 4.98 Å².